The van der Waals surface area contributed by atoms with E-state index in [1.165, 1.54) is 0 Å². The maximum absolute atomic E-state index is 13.7. The number of benzene rings is 2. The number of carbonyl (C=O) groups excluding carboxylic acids is 2. The van der Waals surface area contributed by atoms with Gasteiger partial charge in [-0.05, 0) is 42.2 Å². The van der Waals surface area contributed by atoms with Crippen LogP contribution in [0.5, 0.6) is 0 Å². The fourth-order valence-corrected chi connectivity index (χ4v) is 4.00. The number of aldehydes is 1. The molecule has 0 bridgehead atoms. The quantitative estimate of drug-likeness (QED) is 0.139. The van der Waals surface area contributed by atoms with E-state index in [9.17, 15) is 14.7 Å². The minimum absolute atomic E-state index is 0.0831. The molecule has 0 saturated heterocycles. The molecule has 2 aromatic carbocycles. The van der Waals surface area contributed by atoms with Gasteiger partial charge in [0.1, 0.15) is 5.82 Å². The number of aliphatic hydroxyl groups excluding tert-OH is 1. The Morgan fingerprint density at radius 3 is 2.16 bits per heavy atom. The Kier molecular flexibility index (Phi) is 7.57. The maximum atomic E-state index is 13.7. The lowest BCUT2D eigenvalue weighted by atomic mass is 9.89. The van der Waals surface area contributed by atoms with Crippen LogP contribution in [0.25, 0.3) is 11.3 Å². The molecule has 4 rings (SSSR count). The summed E-state index contributed by atoms with van der Waals surface area (Å²) < 4.78 is 1.72. The van der Waals surface area contributed by atoms with E-state index in [2.05, 4.69) is 34.5 Å². The number of allylic oxidation sites excluding steroid dienone is 1. The van der Waals surface area contributed by atoms with Crippen molar-refractivity contribution < 1.29 is 14.7 Å². The molecule has 37 heavy (non-hydrogen) atoms. The highest BCUT2D eigenvalue weighted by Gasteiger charge is 2.28. The van der Waals surface area contributed by atoms with Gasteiger partial charge in [0, 0.05) is 24.4 Å². The predicted molar refractivity (Wildman–Crippen MR) is 142 cm³/mol. The number of aromatic nitrogens is 4. The van der Waals surface area contributed by atoms with Crippen molar-refractivity contribution in [3.8, 4) is 11.3 Å². The zero-order valence-corrected chi connectivity index (χ0v) is 21.2. The van der Waals surface area contributed by atoms with Crippen LogP contribution in [0.3, 0.4) is 0 Å². The van der Waals surface area contributed by atoms with Crippen LogP contribution in [0.2, 0.25) is 0 Å². The summed E-state index contributed by atoms with van der Waals surface area (Å²) in [6.45, 7) is 5.95. The Balaban J connectivity index is 1.78. The third kappa shape index (κ3) is 5.81. The molecule has 0 amide bonds. The molecule has 2 heterocycles. The Bertz CT molecular complexity index is 1420. The van der Waals surface area contributed by atoms with Crippen molar-refractivity contribution in [2.75, 3.05) is 5.32 Å². The molecule has 1 unspecified atom stereocenters. The number of hydrogen-bond acceptors (Lipinski definition) is 7. The number of nitrogens with one attached hydrogen (secondary N) is 1. The average Bonchev–Trinajstić information content (AvgIpc) is 3.35. The first kappa shape index (κ1) is 25.5. The normalized spacial score (nSPS) is 12.7. The monoisotopic (exact) mass is 495 g/mol. The number of anilines is 1. The summed E-state index contributed by atoms with van der Waals surface area (Å²) in [5.74, 6) is -0.422. The van der Waals surface area contributed by atoms with Gasteiger partial charge in [0.05, 0.1) is 23.0 Å². The van der Waals surface area contributed by atoms with Gasteiger partial charge in [-0.1, -0.05) is 62.4 Å². The first-order valence-corrected chi connectivity index (χ1v) is 12.0. The Morgan fingerprint density at radius 2 is 1.62 bits per heavy atom. The summed E-state index contributed by atoms with van der Waals surface area (Å²) >= 11 is 0. The number of ketones is 1. The van der Waals surface area contributed by atoms with Gasteiger partial charge in [-0.15, -0.1) is 5.10 Å². The predicted octanol–water partition coefficient (Wildman–Crippen LogP) is 5.36. The second-order valence-corrected chi connectivity index (χ2v) is 9.16. The van der Waals surface area contributed by atoms with Crippen LogP contribution in [-0.4, -0.2) is 37.2 Å². The maximum Gasteiger partial charge on any atom is 0.195 e. The second-order valence-electron chi connectivity index (χ2n) is 9.16. The zero-order chi connectivity index (χ0) is 26.5. The largest absolute Gasteiger partial charge is 0.504 e. The summed E-state index contributed by atoms with van der Waals surface area (Å²) in [5.41, 5.74) is 4.43. The second kappa shape index (κ2) is 11.0. The van der Waals surface area contributed by atoms with Crippen molar-refractivity contribution in [2.45, 2.75) is 32.7 Å². The van der Waals surface area contributed by atoms with Gasteiger partial charge in [0.2, 0.25) is 0 Å². The molecular formula is C29H29N5O3. The SMILES string of the molecule is Cc1ccc(NC(/C(C(=O)c2ccc(C(C)C)cc2)=C(/O)C=O)c2ccc(-c3ccn(C)n3)cc2)nn1. The molecule has 2 aromatic heterocycles. The molecule has 0 fully saturated rings. The van der Waals surface area contributed by atoms with Gasteiger partial charge in [-0.25, -0.2) is 0 Å². The van der Waals surface area contributed by atoms with Gasteiger partial charge >= 0.3 is 0 Å². The highest BCUT2D eigenvalue weighted by atomic mass is 16.3. The van der Waals surface area contributed by atoms with Crippen LogP contribution in [0.4, 0.5) is 5.82 Å². The minimum atomic E-state index is -0.878. The molecule has 0 radical (unpaired) electrons. The molecule has 1 atom stereocenters. The molecule has 0 aliphatic carbocycles. The lowest BCUT2D eigenvalue weighted by Gasteiger charge is -2.23. The van der Waals surface area contributed by atoms with E-state index in [0.717, 1.165) is 22.5 Å². The molecule has 0 aliphatic heterocycles. The van der Waals surface area contributed by atoms with Gasteiger partial charge in [-0.2, -0.15) is 10.2 Å². The molecule has 0 saturated carbocycles. The summed E-state index contributed by atoms with van der Waals surface area (Å²) in [7, 11) is 1.85. The fraction of sp³-hybridized carbons (Fsp3) is 0.207. The van der Waals surface area contributed by atoms with Crippen LogP contribution < -0.4 is 5.32 Å². The van der Waals surface area contributed by atoms with E-state index in [1.54, 1.807) is 28.9 Å². The van der Waals surface area contributed by atoms with Crippen LogP contribution in [-0.2, 0) is 11.8 Å². The van der Waals surface area contributed by atoms with Gasteiger partial charge in [0.15, 0.2) is 17.8 Å². The first-order chi connectivity index (χ1) is 17.8. The molecule has 4 aromatic rings. The lowest BCUT2D eigenvalue weighted by Crippen LogP contribution is -2.22. The number of nitrogens with zero attached hydrogens (tertiary/aromatic N) is 4. The Labute approximate surface area is 215 Å². The standard InChI is InChI=1S/C29H29N5O3/c1-18(2)20-6-12-23(13-7-20)29(37)27(25(36)17-35)28(30-26-14-5-19(3)31-32-26)22-10-8-21(9-11-22)24-15-16-34(4)33-24/h5-18,28,36H,1-4H3,(H,30,32)/b27-25-. The number of rotatable bonds is 9. The van der Waals surface area contributed by atoms with Crippen LogP contribution in [0.15, 0.2) is 84.3 Å². The Morgan fingerprint density at radius 1 is 0.946 bits per heavy atom. The summed E-state index contributed by atoms with van der Waals surface area (Å²) in [4.78, 5) is 25.5. The number of Topliss-reactive ketones (excluding diaryl/α,β-unsaturated/α-hetero) is 1. The van der Waals surface area contributed by atoms with Crippen molar-refractivity contribution in [1.29, 1.82) is 0 Å². The van der Waals surface area contributed by atoms with Crippen molar-refractivity contribution in [2.24, 2.45) is 7.05 Å². The van der Waals surface area contributed by atoms with E-state index in [-0.39, 0.29) is 11.9 Å². The topological polar surface area (TPSA) is 110 Å². The van der Waals surface area contributed by atoms with Gasteiger partial charge < -0.3 is 10.4 Å². The van der Waals surface area contributed by atoms with Crippen molar-refractivity contribution in [3.63, 3.8) is 0 Å². The average molecular weight is 496 g/mol. The van der Waals surface area contributed by atoms with Crippen molar-refractivity contribution in [3.05, 3.63) is 107 Å². The van der Waals surface area contributed by atoms with Crippen molar-refractivity contribution in [1.82, 2.24) is 20.0 Å². The van der Waals surface area contributed by atoms with Gasteiger partial charge in [0.25, 0.3) is 0 Å². The zero-order valence-electron chi connectivity index (χ0n) is 21.2. The molecule has 188 valence electrons. The Hall–Kier alpha value is -4.59. The summed E-state index contributed by atoms with van der Waals surface area (Å²) in [6.07, 6.45) is 2.14. The van der Waals surface area contributed by atoms with Crippen LogP contribution >= 0.6 is 0 Å². The smallest absolute Gasteiger partial charge is 0.195 e. The van der Waals surface area contributed by atoms with E-state index < -0.39 is 17.6 Å². The highest BCUT2D eigenvalue weighted by Crippen LogP contribution is 2.32. The van der Waals surface area contributed by atoms with E-state index in [0.29, 0.717) is 22.9 Å². The third-order valence-corrected chi connectivity index (χ3v) is 6.10. The molecule has 8 nitrogen and oxygen atoms in total. The number of aliphatic hydroxyl groups is 1. The van der Waals surface area contributed by atoms with E-state index in [4.69, 9.17) is 0 Å². The minimum Gasteiger partial charge on any atom is -0.504 e. The van der Waals surface area contributed by atoms with Crippen LogP contribution in [0, 0.1) is 6.92 Å². The molecule has 0 aliphatic rings. The molecule has 8 heteroatoms. The van der Waals surface area contributed by atoms with Crippen LogP contribution in [0.1, 0.15) is 53.0 Å². The fourth-order valence-electron chi connectivity index (χ4n) is 4.00. The summed E-state index contributed by atoms with van der Waals surface area (Å²) in [5, 5.41) is 26.5. The van der Waals surface area contributed by atoms with Gasteiger partial charge in [-0.3, -0.25) is 14.3 Å². The number of hydrogen-bond donors (Lipinski definition) is 2. The lowest BCUT2D eigenvalue weighted by molar-refractivity contribution is -0.107. The first-order valence-electron chi connectivity index (χ1n) is 12.0. The molecular weight excluding hydrogens is 466 g/mol. The molecule has 2 N–H and O–H groups in total. The number of carbonyl (C=O) groups is 2. The third-order valence-electron chi connectivity index (χ3n) is 6.10. The molecule has 0 spiro atoms. The van der Waals surface area contributed by atoms with E-state index >= 15 is 0 Å². The number of aryl methyl sites for hydroxylation is 2. The van der Waals surface area contributed by atoms with E-state index in [1.807, 2.05) is 62.6 Å². The van der Waals surface area contributed by atoms with Crippen molar-refractivity contribution >= 4 is 17.9 Å². The summed E-state index contributed by atoms with van der Waals surface area (Å²) in [6, 6.07) is 19.1. The highest BCUT2D eigenvalue weighted by molar-refractivity contribution is 6.12.